The molecule has 2 heterocycles. The van der Waals surface area contributed by atoms with Crippen LogP contribution in [0, 0.1) is 23.1 Å². The van der Waals surface area contributed by atoms with Gasteiger partial charge in [-0.15, -0.1) is 11.3 Å². The average molecular weight is 342 g/mol. The number of nitrogens with zero attached hydrogens (tertiary/aromatic N) is 3. The molecule has 2 unspecified atom stereocenters. The first kappa shape index (κ1) is 16.1. The molecule has 0 saturated heterocycles. The van der Waals surface area contributed by atoms with Crippen molar-refractivity contribution in [2.75, 3.05) is 7.05 Å². The minimum atomic E-state index is -0.538. The van der Waals surface area contributed by atoms with Crippen molar-refractivity contribution in [1.29, 1.82) is 5.26 Å². The largest absolute Gasteiger partial charge is 0.369 e. The standard InChI is InChI=1S/C17H15FN4OS/c1-9-15(21-17(20)22(2)16(9)23)14-6-12(8-24-14)10-3-4-13(18)11(5-10)7-19/h3-6,8-9,15H,1-2H3,(H2,20,21). The van der Waals surface area contributed by atoms with Crippen molar-refractivity contribution in [1.82, 2.24) is 4.90 Å². The van der Waals surface area contributed by atoms with Gasteiger partial charge in [0.05, 0.1) is 17.5 Å². The minimum absolute atomic E-state index is 0.00496. The molecule has 122 valence electrons. The number of nitrogens with two attached hydrogens (primary N) is 1. The summed E-state index contributed by atoms with van der Waals surface area (Å²) in [4.78, 5) is 18.9. The quantitative estimate of drug-likeness (QED) is 0.911. The van der Waals surface area contributed by atoms with Crippen molar-refractivity contribution in [3.8, 4) is 17.2 Å². The number of benzene rings is 1. The van der Waals surface area contributed by atoms with Gasteiger partial charge >= 0.3 is 0 Å². The summed E-state index contributed by atoms with van der Waals surface area (Å²) in [5, 5.41) is 10.9. The van der Waals surface area contributed by atoms with Crippen molar-refractivity contribution in [2.24, 2.45) is 16.6 Å². The first-order chi connectivity index (χ1) is 11.4. The van der Waals surface area contributed by atoms with Gasteiger partial charge in [-0.1, -0.05) is 13.0 Å². The predicted octanol–water partition coefficient (Wildman–Crippen LogP) is 2.89. The van der Waals surface area contributed by atoms with Crippen molar-refractivity contribution in [3.63, 3.8) is 0 Å². The maximum atomic E-state index is 13.5. The van der Waals surface area contributed by atoms with E-state index in [1.807, 2.05) is 24.4 Å². The van der Waals surface area contributed by atoms with Gasteiger partial charge in [-0.2, -0.15) is 5.26 Å². The third-order valence-electron chi connectivity index (χ3n) is 4.14. The Morgan fingerprint density at radius 2 is 2.12 bits per heavy atom. The average Bonchev–Trinajstić information content (AvgIpc) is 3.06. The Kier molecular flexibility index (Phi) is 4.08. The van der Waals surface area contributed by atoms with E-state index in [0.717, 1.165) is 16.0 Å². The zero-order valence-electron chi connectivity index (χ0n) is 13.2. The number of amides is 1. The van der Waals surface area contributed by atoms with Gasteiger partial charge in [0.25, 0.3) is 0 Å². The summed E-state index contributed by atoms with van der Waals surface area (Å²) >= 11 is 1.47. The van der Waals surface area contributed by atoms with Crippen LogP contribution in [-0.2, 0) is 4.79 Å². The summed E-state index contributed by atoms with van der Waals surface area (Å²) in [6, 6.07) is 7.85. The topological polar surface area (TPSA) is 82.5 Å². The van der Waals surface area contributed by atoms with Gasteiger partial charge in [-0.25, -0.2) is 9.38 Å². The van der Waals surface area contributed by atoms with Crippen LogP contribution < -0.4 is 5.73 Å². The number of aliphatic imine (C=N–C) groups is 1. The summed E-state index contributed by atoms with van der Waals surface area (Å²) in [6.07, 6.45) is 0. The first-order valence-corrected chi connectivity index (χ1v) is 8.19. The van der Waals surface area contributed by atoms with E-state index in [4.69, 9.17) is 11.0 Å². The third-order valence-corrected chi connectivity index (χ3v) is 5.14. The molecule has 24 heavy (non-hydrogen) atoms. The molecule has 7 heteroatoms. The van der Waals surface area contributed by atoms with E-state index in [2.05, 4.69) is 4.99 Å². The normalized spacial score (nSPS) is 20.7. The van der Waals surface area contributed by atoms with E-state index in [1.54, 1.807) is 13.1 Å². The molecular weight excluding hydrogens is 327 g/mol. The van der Waals surface area contributed by atoms with Crippen LogP contribution in [0.25, 0.3) is 11.1 Å². The Morgan fingerprint density at radius 1 is 1.38 bits per heavy atom. The van der Waals surface area contributed by atoms with Crippen LogP contribution in [0.5, 0.6) is 0 Å². The molecule has 0 fully saturated rings. The summed E-state index contributed by atoms with van der Waals surface area (Å²) in [5.74, 6) is -0.720. The predicted molar refractivity (Wildman–Crippen MR) is 90.7 cm³/mol. The van der Waals surface area contributed by atoms with Gasteiger partial charge < -0.3 is 5.73 Å². The number of halogens is 1. The Balaban J connectivity index is 1.97. The smallest absolute Gasteiger partial charge is 0.234 e. The molecule has 0 aliphatic carbocycles. The van der Waals surface area contributed by atoms with Crippen LogP contribution in [0.2, 0.25) is 0 Å². The number of hydrogen-bond donors (Lipinski definition) is 1. The Morgan fingerprint density at radius 3 is 2.83 bits per heavy atom. The number of nitriles is 1. The number of carbonyl (C=O) groups excluding carboxylic acids is 1. The van der Waals surface area contributed by atoms with Crippen molar-refractivity contribution in [3.05, 3.63) is 45.9 Å². The summed E-state index contributed by atoms with van der Waals surface area (Å²) in [6.45, 7) is 1.82. The van der Waals surface area contributed by atoms with Crippen LogP contribution in [0.3, 0.4) is 0 Å². The molecule has 1 aromatic heterocycles. The number of carbonyl (C=O) groups is 1. The maximum absolute atomic E-state index is 13.5. The molecule has 0 saturated carbocycles. The van der Waals surface area contributed by atoms with Crippen LogP contribution in [0.4, 0.5) is 4.39 Å². The fraction of sp³-hybridized carbons (Fsp3) is 0.235. The highest BCUT2D eigenvalue weighted by molar-refractivity contribution is 7.10. The molecule has 0 radical (unpaired) electrons. The van der Waals surface area contributed by atoms with Crippen LogP contribution in [-0.4, -0.2) is 23.8 Å². The molecule has 3 rings (SSSR count). The molecule has 2 atom stereocenters. The van der Waals surface area contributed by atoms with E-state index >= 15 is 0 Å². The van der Waals surface area contributed by atoms with E-state index in [9.17, 15) is 9.18 Å². The van der Waals surface area contributed by atoms with Crippen molar-refractivity contribution in [2.45, 2.75) is 13.0 Å². The van der Waals surface area contributed by atoms with Crippen LogP contribution in [0.1, 0.15) is 23.4 Å². The van der Waals surface area contributed by atoms with Gasteiger partial charge in [0.15, 0.2) is 5.96 Å². The van der Waals surface area contributed by atoms with Crippen LogP contribution >= 0.6 is 11.3 Å². The summed E-state index contributed by atoms with van der Waals surface area (Å²) < 4.78 is 13.5. The Bertz CT molecular complexity index is 883. The number of rotatable bonds is 2. The highest BCUT2D eigenvalue weighted by atomic mass is 32.1. The SMILES string of the molecule is CC1C(=O)N(C)C(N)=NC1c1cc(-c2ccc(F)c(C#N)c2)cs1. The second-order valence-electron chi connectivity index (χ2n) is 5.66. The molecule has 2 N–H and O–H groups in total. The van der Waals surface area contributed by atoms with E-state index in [0.29, 0.717) is 0 Å². The molecule has 5 nitrogen and oxygen atoms in total. The van der Waals surface area contributed by atoms with Gasteiger partial charge in [-0.05, 0) is 34.7 Å². The fourth-order valence-corrected chi connectivity index (χ4v) is 3.71. The van der Waals surface area contributed by atoms with Crippen LogP contribution in [0.15, 0.2) is 34.6 Å². The van der Waals surface area contributed by atoms with Gasteiger partial charge in [-0.3, -0.25) is 9.69 Å². The Hall–Kier alpha value is -2.72. The number of guanidine groups is 1. The third kappa shape index (κ3) is 2.65. The highest BCUT2D eigenvalue weighted by Gasteiger charge is 2.34. The molecule has 1 amide bonds. The lowest BCUT2D eigenvalue weighted by atomic mass is 9.97. The van der Waals surface area contributed by atoms with Gasteiger partial charge in [0, 0.05) is 11.9 Å². The molecule has 1 aliphatic heterocycles. The number of hydrogen-bond acceptors (Lipinski definition) is 5. The maximum Gasteiger partial charge on any atom is 0.234 e. The van der Waals surface area contributed by atoms with Crippen molar-refractivity contribution >= 4 is 23.2 Å². The molecule has 0 spiro atoms. The lowest BCUT2D eigenvalue weighted by molar-refractivity contribution is -0.131. The molecular formula is C17H15FN4OS. The molecule has 1 aliphatic rings. The van der Waals surface area contributed by atoms with E-state index < -0.39 is 5.82 Å². The fourth-order valence-electron chi connectivity index (χ4n) is 2.65. The van der Waals surface area contributed by atoms with E-state index in [-0.39, 0.29) is 29.4 Å². The molecule has 0 bridgehead atoms. The minimum Gasteiger partial charge on any atom is -0.369 e. The van der Waals surface area contributed by atoms with E-state index in [1.165, 1.54) is 28.4 Å². The monoisotopic (exact) mass is 342 g/mol. The first-order valence-electron chi connectivity index (χ1n) is 7.31. The second-order valence-corrected chi connectivity index (χ2v) is 6.61. The zero-order valence-corrected chi connectivity index (χ0v) is 14.0. The lowest BCUT2D eigenvalue weighted by Gasteiger charge is -2.30. The molecule has 2 aromatic rings. The van der Waals surface area contributed by atoms with Crippen molar-refractivity contribution < 1.29 is 9.18 Å². The molecule has 1 aromatic carbocycles. The van der Waals surface area contributed by atoms with Gasteiger partial charge in [0.1, 0.15) is 11.9 Å². The second kappa shape index (κ2) is 6.06. The lowest BCUT2D eigenvalue weighted by Crippen LogP contribution is -2.46. The summed E-state index contributed by atoms with van der Waals surface area (Å²) in [5.41, 5.74) is 7.43. The van der Waals surface area contributed by atoms with Gasteiger partial charge in [0.2, 0.25) is 5.91 Å². The summed E-state index contributed by atoms with van der Waals surface area (Å²) in [7, 11) is 1.61. The zero-order chi connectivity index (χ0) is 17.4. The highest BCUT2D eigenvalue weighted by Crippen LogP contribution is 2.37. The number of thiophene rings is 1. The Labute approximate surface area is 142 Å².